The van der Waals surface area contributed by atoms with Crippen LogP contribution in [0.15, 0.2) is 23.9 Å². The lowest BCUT2D eigenvalue weighted by molar-refractivity contribution is 0.315. The predicted octanol–water partition coefficient (Wildman–Crippen LogP) is 3.53. The fourth-order valence-corrected chi connectivity index (χ4v) is 1.44. The van der Waals surface area contributed by atoms with Crippen LogP contribution in [0.3, 0.4) is 0 Å². The van der Waals surface area contributed by atoms with Gasteiger partial charge in [-0.15, -0.1) is 17.0 Å². The molecule has 1 unspecified atom stereocenters. The average Bonchev–Trinajstić information content (AvgIpc) is 2.08. The van der Waals surface area contributed by atoms with Crippen molar-refractivity contribution in [2.45, 2.75) is 39.7 Å². The number of hydrogen-bond donors (Lipinski definition) is 0. The van der Waals surface area contributed by atoms with Crippen LogP contribution in [0.2, 0.25) is 0 Å². The highest BCUT2D eigenvalue weighted by atomic mass is 79.9. The van der Waals surface area contributed by atoms with Crippen LogP contribution < -0.4 is 0 Å². The first-order valence-electron chi connectivity index (χ1n) is 4.86. The van der Waals surface area contributed by atoms with E-state index < -0.39 is 0 Å². The standard InChI is InChI=1S/C11H19N.BrH/c1-4-5-8-12-9-6-7-10(2)11(12)3;/h6-7,9,11H,4-5,8H2,1-3H3;1H. The maximum Gasteiger partial charge on any atom is 0.0468 e. The van der Waals surface area contributed by atoms with Crippen LogP contribution in [0.5, 0.6) is 0 Å². The molecule has 1 aliphatic rings. The Hall–Kier alpha value is -0.240. The van der Waals surface area contributed by atoms with Crippen molar-refractivity contribution < 1.29 is 0 Å². The summed E-state index contributed by atoms with van der Waals surface area (Å²) in [5, 5.41) is 0. The Kier molecular flexibility index (Phi) is 6.13. The summed E-state index contributed by atoms with van der Waals surface area (Å²) in [5.74, 6) is 0. The van der Waals surface area contributed by atoms with Gasteiger partial charge in [-0.3, -0.25) is 0 Å². The first-order chi connectivity index (χ1) is 5.75. The van der Waals surface area contributed by atoms with Gasteiger partial charge in [-0.2, -0.15) is 0 Å². The number of halogens is 1. The molecule has 0 aromatic carbocycles. The third-order valence-corrected chi connectivity index (χ3v) is 2.56. The monoisotopic (exact) mass is 245 g/mol. The van der Waals surface area contributed by atoms with Crippen LogP contribution in [0.25, 0.3) is 0 Å². The zero-order valence-electron chi connectivity index (χ0n) is 8.79. The lowest BCUT2D eigenvalue weighted by atomic mass is 10.1. The van der Waals surface area contributed by atoms with E-state index in [9.17, 15) is 0 Å². The van der Waals surface area contributed by atoms with Gasteiger partial charge in [0.1, 0.15) is 0 Å². The Morgan fingerprint density at radius 1 is 1.46 bits per heavy atom. The summed E-state index contributed by atoms with van der Waals surface area (Å²) in [6, 6.07) is 0.599. The molecule has 0 aromatic heterocycles. The zero-order valence-corrected chi connectivity index (χ0v) is 10.5. The Labute approximate surface area is 92.3 Å². The summed E-state index contributed by atoms with van der Waals surface area (Å²) in [6.07, 6.45) is 9.12. The number of hydrogen-bond acceptors (Lipinski definition) is 1. The fraction of sp³-hybridized carbons (Fsp3) is 0.636. The van der Waals surface area contributed by atoms with E-state index in [4.69, 9.17) is 0 Å². The summed E-state index contributed by atoms with van der Waals surface area (Å²) in [5.41, 5.74) is 1.47. The maximum atomic E-state index is 2.42. The van der Waals surface area contributed by atoms with E-state index in [1.54, 1.807) is 0 Å². The Morgan fingerprint density at radius 2 is 2.15 bits per heavy atom. The van der Waals surface area contributed by atoms with Crippen molar-refractivity contribution in [3.05, 3.63) is 23.9 Å². The van der Waals surface area contributed by atoms with E-state index in [-0.39, 0.29) is 17.0 Å². The number of unbranched alkanes of at least 4 members (excludes halogenated alkanes) is 1. The molecule has 1 rings (SSSR count). The topological polar surface area (TPSA) is 3.24 Å². The summed E-state index contributed by atoms with van der Waals surface area (Å²) >= 11 is 0. The first-order valence-corrected chi connectivity index (χ1v) is 4.86. The van der Waals surface area contributed by atoms with Crippen LogP contribution in [0.4, 0.5) is 0 Å². The summed E-state index contributed by atoms with van der Waals surface area (Å²) in [4.78, 5) is 2.42. The van der Waals surface area contributed by atoms with E-state index in [0.717, 1.165) is 0 Å². The molecule has 0 amide bonds. The molecule has 0 N–H and O–H groups in total. The molecule has 76 valence electrons. The largest absolute Gasteiger partial charge is 0.371 e. The maximum absolute atomic E-state index is 2.42. The van der Waals surface area contributed by atoms with Gasteiger partial charge in [0.2, 0.25) is 0 Å². The smallest absolute Gasteiger partial charge is 0.0468 e. The molecule has 0 saturated heterocycles. The van der Waals surface area contributed by atoms with E-state index in [0.29, 0.717) is 6.04 Å². The van der Waals surface area contributed by atoms with Gasteiger partial charge in [0, 0.05) is 12.6 Å². The van der Waals surface area contributed by atoms with E-state index in [2.05, 4.69) is 44.0 Å². The van der Waals surface area contributed by atoms with Crippen molar-refractivity contribution in [3.8, 4) is 0 Å². The molecule has 0 aromatic rings. The van der Waals surface area contributed by atoms with Crippen LogP contribution in [-0.4, -0.2) is 17.5 Å². The molecule has 0 spiro atoms. The molecule has 0 bridgehead atoms. The molecule has 0 aliphatic carbocycles. The molecule has 2 heteroatoms. The summed E-state index contributed by atoms with van der Waals surface area (Å²) in [6.45, 7) is 7.90. The Bertz CT molecular complexity index is 196. The number of allylic oxidation sites excluding steroid dienone is 2. The highest BCUT2D eigenvalue weighted by Gasteiger charge is 2.12. The number of rotatable bonds is 3. The molecule has 1 nitrogen and oxygen atoms in total. The lowest BCUT2D eigenvalue weighted by Gasteiger charge is -2.30. The second-order valence-electron chi connectivity index (χ2n) is 3.52. The molecule has 13 heavy (non-hydrogen) atoms. The molecule has 0 radical (unpaired) electrons. The van der Waals surface area contributed by atoms with Gasteiger partial charge in [-0.1, -0.05) is 25.0 Å². The molecule has 0 fully saturated rings. The highest BCUT2D eigenvalue weighted by Crippen LogP contribution is 2.15. The van der Waals surface area contributed by atoms with Crippen molar-refractivity contribution in [1.29, 1.82) is 0 Å². The Balaban J connectivity index is 0.00000144. The second-order valence-corrected chi connectivity index (χ2v) is 3.52. The van der Waals surface area contributed by atoms with Gasteiger partial charge in [-0.25, -0.2) is 0 Å². The van der Waals surface area contributed by atoms with E-state index >= 15 is 0 Å². The summed E-state index contributed by atoms with van der Waals surface area (Å²) < 4.78 is 0. The van der Waals surface area contributed by atoms with Crippen molar-refractivity contribution in [1.82, 2.24) is 4.90 Å². The molecular weight excluding hydrogens is 226 g/mol. The van der Waals surface area contributed by atoms with Crippen molar-refractivity contribution in [2.75, 3.05) is 6.54 Å². The molecule has 1 atom stereocenters. The van der Waals surface area contributed by atoms with E-state index in [1.807, 2.05) is 0 Å². The quantitative estimate of drug-likeness (QED) is 0.736. The van der Waals surface area contributed by atoms with Gasteiger partial charge < -0.3 is 4.90 Å². The minimum atomic E-state index is 0. The first kappa shape index (κ1) is 12.8. The third kappa shape index (κ3) is 3.55. The van der Waals surface area contributed by atoms with Gasteiger partial charge in [-0.05, 0) is 32.5 Å². The normalized spacial score (nSPS) is 21.0. The van der Waals surface area contributed by atoms with Crippen LogP contribution in [0.1, 0.15) is 33.6 Å². The van der Waals surface area contributed by atoms with Gasteiger partial charge >= 0.3 is 0 Å². The van der Waals surface area contributed by atoms with Crippen LogP contribution >= 0.6 is 17.0 Å². The van der Waals surface area contributed by atoms with Crippen molar-refractivity contribution in [3.63, 3.8) is 0 Å². The molecular formula is C11H20BrN. The van der Waals surface area contributed by atoms with Crippen molar-refractivity contribution >= 4 is 17.0 Å². The minimum Gasteiger partial charge on any atom is -0.371 e. The molecule has 1 aliphatic heterocycles. The fourth-order valence-electron chi connectivity index (χ4n) is 1.44. The number of nitrogens with zero attached hydrogens (tertiary/aromatic N) is 1. The average molecular weight is 246 g/mol. The Morgan fingerprint density at radius 3 is 2.77 bits per heavy atom. The molecule has 1 heterocycles. The van der Waals surface area contributed by atoms with Gasteiger partial charge in [0.15, 0.2) is 0 Å². The van der Waals surface area contributed by atoms with Crippen molar-refractivity contribution in [2.24, 2.45) is 0 Å². The van der Waals surface area contributed by atoms with E-state index in [1.165, 1.54) is 25.0 Å². The van der Waals surface area contributed by atoms with Crippen LogP contribution in [-0.2, 0) is 0 Å². The predicted molar refractivity (Wildman–Crippen MR) is 64.3 cm³/mol. The second kappa shape index (κ2) is 6.25. The summed E-state index contributed by atoms with van der Waals surface area (Å²) in [7, 11) is 0. The lowest BCUT2D eigenvalue weighted by Crippen LogP contribution is -2.31. The SMILES string of the molecule is Br.CCCCN1C=CC=C(C)C1C. The van der Waals surface area contributed by atoms with Gasteiger partial charge in [0.05, 0.1) is 0 Å². The molecule has 0 saturated carbocycles. The highest BCUT2D eigenvalue weighted by molar-refractivity contribution is 8.93. The van der Waals surface area contributed by atoms with Crippen LogP contribution in [0, 0.1) is 0 Å². The zero-order chi connectivity index (χ0) is 8.97. The minimum absolute atomic E-state index is 0. The third-order valence-electron chi connectivity index (χ3n) is 2.56. The van der Waals surface area contributed by atoms with Gasteiger partial charge in [0.25, 0.3) is 0 Å².